The highest BCUT2D eigenvalue weighted by Gasteiger charge is 2.09. The zero-order valence-electron chi connectivity index (χ0n) is 11.1. The van der Waals surface area contributed by atoms with Gasteiger partial charge in [-0.25, -0.2) is 4.79 Å². The summed E-state index contributed by atoms with van der Waals surface area (Å²) in [7, 11) is 0. The van der Waals surface area contributed by atoms with Gasteiger partial charge in [-0.05, 0) is 35.0 Å². The van der Waals surface area contributed by atoms with Crippen molar-refractivity contribution in [2.75, 3.05) is 19.0 Å². The van der Waals surface area contributed by atoms with Crippen LogP contribution in [0.1, 0.15) is 6.92 Å². The average Bonchev–Trinajstić information content (AvgIpc) is 2.42. The summed E-state index contributed by atoms with van der Waals surface area (Å²) in [6, 6.07) is 8.04. The number of carbonyl (C=O) groups excluding carboxylic acids is 1. The van der Waals surface area contributed by atoms with E-state index in [1.165, 1.54) is 4.90 Å². The Morgan fingerprint density at radius 1 is 1.45 bits per heavy atom. The van der Waals surface area contributed by atoms with Crippen molar-refractivity contribution in [1.82, 2.24) is 0 Å². The lowest BCUT2D eigenvalue weighted by atomic mass is 10.4. The lowest BCUT2D eigenvalue weighted by Gasteiger charge is -2.12. The second-order valence-corrected chi connectivity index (χ2v) is 6.95. The minimum Gasteiger partial charge on any atom is -0.459 e. The molecule has 1 aromatic carbocycles. The van der Waals surface area contributed by atoms with Crippen LogP contribution in [0.2, 0.25) is 0 Å². The van der Waals surface area contributed by atoms with Crippen molar-refractivity contribution in [3.05, 3.63) is 40.9 Å². The van der Waals surface area contributed by atoms with Crippen LogP contribution < -0.4 is 0 Å². The quantitative estimate of drug-likeness (QED) is 0.204. The number of benzene rings is 1. The van der Waals surface area contributed by atoms with E-state index in [9.17, 15) is 4.79 Å². The summed E-state index contributed by atoms with van der Waals surface area (Å²) in [6.45, 7) is 5.86. The molecule has 0 N–H and O–H groups in total. The van der Waals surface area contributed by atoms with Gasteiger partial charge in [0.25, 0.3) is 0 Å². The van der Waals surface area contributed by atoms with Gasteiger partial charge in [-0.1, -0.05) is 34.6 Å². The Kier molecular flexibility index (Phi) is 8.52. The summed E-state index contributed by atoms with van der Waals surface area (Å²) in [5.74, 6) is 0.416. The fraction of sp³-hybridized carbons (Fsp3) is 0.357. The molecule has 1 aromatic rings. The Labute approximate surface area is 140 Å². The Bertz CT molecular complexity index is 465. The monoisotopic (exact) mass is 422 g/mol. The molecule has 0 heterocycles. The summed E-state index contributed by atoms with van der Waals surface area (Å²) in [4.78, 5) is 12.4. The molecule has 1 unspecified atom stereocenters. The zero-order chi connectivity index (χ0) is 15.0. The van der Waals surface area contributed by atoms with E-state index in [0.29, 0.717) is 12.2 Å². The van der Waals surface area contributed by atoms with Crippen molar-refractivity contribution < 1.29 is 14.3 Å². The predicted octanol–water partition coefficient (Wildman–Crippen LogP) is 4.40. The zero-order valence-corrected chi connectivity index (χ0v) is 15.1. The summed E-state index contributed by atoms with van der Waals surface area (Å²) in [5.41, 5.74) is 0.384. The lowest BCUT2D eigenvalue weighted by Crippen LogP contribution is -2.18. The molecule has 0 spiro atoms. The standard InChI is InChI=1S/C14H16Br2O3S/c1-10(2)14(17)19-9-13(16)18-7-8-20-12-6-4-3-5-11(12)15/h3-6,13H,1,7-9H2,2H3. The number of carbonyl (C=O) groups is 1. The van der Waals surface area contributed by atoms with Crippen LogP contribution in [0, 0.1) is 0 Å². The van der Waals surface area contributed by atoms with Gasteiger partial charge in [0.15, 0.2) is 0 Å². The highest BCUT2D eigenvalue weighted by molar-refractivity contribution is 9.10. The smallest absolute Gasteiger partial charge is 0.333 e. The lowest BCUT2D eigenvalue weighted by molar-refractivity contribution is -0.140. The fourth-order valence-electron chi connectivity index (χ4n) is 1.20. The molecule has 1 rings (SSSR count). The van der Waals surface area contributed by atoms with Crippen LogP contribution in [-0.2, 0) is 14.3 Å². The maximum atomic E-state index is 11.2. The van der Waals surface area contributed by atoms with Crippen LogP contribution in [0.4, 0.5) is 0 Å². The van der Waals surface area contributed by atoms with Crippen molar-refractivity contribution in [3.63, 3.8) is 0 Å². The van der Waals surface area contributed by atoms with E-state index >= 15 is 0 Å². The van der Waals surface area contributed by atoms with Gasteiger partial charge >= 0.3 is 5.97 Å². The second-order valence-electron chi connectivity index (χ2n) is 3.94. The molecular formula is C14H16Br2O3S. The van der Waals surface area contributed by atoms with E-state index < -0.39 is 5.97 Å². The van der Waals surface area contributed by atoms with E-state index in [1.807, 2.05) is 18.2 Å². The molecular weight excluding hydrogens is 408 g/mol. The van der Waals surface area contributed by atoms with E-state index in [4.69, 9.17) is 9.47 Å². The Morgan fingerprint density at radius 2 is 2.15 bits per heavy atom. The first-order chi connectivity index (χ1) is 9.50. The van der Waals surface area contributed by atoms with E-state index in [-0.39, 0.29) is 11.6 Å². The third-order valence-corrected chi connectivity index (χ3v) is 4.69. The first-order valence-electron chi connectivity index (χ1n) is 5.96. The number of alkyl halides is 1. The summed E-state index contributed by atoms with van der Waals surface area (Å²) in [5, 5.41) is -0.300. The van der Waals surface area contributed by atoms with Gasteiger partial charge in [0.2, 0.25) is 0 Å². The molecule has 0 bridgehead atoms. The Hall–Kier alpha value is -0.300. The minimum atomic E-state index is -0.402. The number of halogens is 2. The largest absolute Gasteiger partial charge is 0.459 e. The third kappa shape index (κ3) is 6.92. The maximum absolute atomic E-state index is 11.2. The van der Waals surface area contributed by atoms with Crippen LogP contribution in [0.25, 0.3) is 0 Å². The molecule has 0 radical (unpaired) electrons. The van der Waals surface area contributed by atoms with Crippen LogP contribution in [0.3, 0.4) is 0 Å². The molecule has 110 valence electrons. The number of rotatable bonds is 8. The number of esters is 1. The Morgan fingerprint density at radius 3 is 2.80 bits per heavy atom. The third-order valence-electron chi connectivity index (χ3n) is 2.17. The molecule has 1 atom stereocenters. The molecule has 0 aromatic heterocycles. The number of hydrogen-bond acceptors (Lipinski definition) is 4. The minimum absolute atomic E-state index is 0.172. The molecule has 0 saturated heterocycles. The van der Waals surface area contributed by atoms with Crippen molar-refractivity contribution in [2.24, 2.45) is 0 Å². The van der Waals surface area contributed by atoms with Crippen molar-refractivity contribution >= 4 is 49.6 Å². The fourth-order valence-corrected chi connectivity index (χ4v) is 2.93. The molecule has 3 nitrogen and oxygen atoms in total. The first-order valence-corrected chi connectivity index (χ1v) is 8.65. The highest BCUT2D eigenvalue weighted by Crippen LogP contribution is 2.26. The van der Waals surface area contributed by atoms with Crippen molar-refractivity contribution in [1.29, 1.82) is 0 Å². The number of hydrogen-bond donors (Lipinski definition) is 0. The van der Waals surface area contributed by atoms with Crippen LogP contribution >= 0.6 is 43.6 Å². The number of ether oxygens (including phenoxy) is 2. The molecule has 0 aliphatic carbocycles. The van der Waals surface area contributed by atoms with Gasteiger partial charge in [0, 0.05) is 20.7 Å². The van der Waals surface area contributed by atoms with Crippen LogP contribution in [0.5, 0.6) is 0 Å². The second kappa shape index (κ2) is 9.60. The van der Waals surface area contributed by atoms with Gasteiger partial charge < -0.3 is 9.47 Å². The number of thioether (sulfide) groups is 1. The summed E-state index contributed by atoms with van der Waals surface area (Å²) < 4.78 is 11.6. The SMILES string of the molecule is C=C(C)C(=O)OCC(Br)OCCSc1ccccc1Br. The van der Waals surface area contributed by atoms with E-state index in [0.717, 1.165) is 10.2 Å². The van der Waals surface area contributed by atoms with E-state index in [1.54, 1.807) is 18.7 Å². The average molecular weight is 424 g/mol. The van der Waals surface area contributed by atoms with Gasteiger partial charge in [-0.3, -0.25) is 0 Å². The molecule has 0 aliphatic rings. The van der Waals surface area contributed by atoms with Gasteiger partial charge in [-0.2, -0.15) is 0 Å². The molecule has 0 saturated carbocycles. The molecule has 0 fully saturated rings. The molecule has 20 heavy (non-hydrogen) atoms. The van der Waals surface area contributed by atoms with Crippen LogP contribution in [-0.4, -0.2) is 29.9 Å². The van der Waals surface area contributed by atoms with Gasteiger partial charge in [0.05, 0.1) is 6.61 Å². The van der Waals surface area contributed by atoms with Crippen molar-refractivity contribution in [3.8, 4) is 0 Å². The van der Waals surface area contributed by atoms with Crippen molar-refractivity contribution in [2.45, 2.75) is 16.8 Å². The summed E-state index contributed by atoms with van der Waals surface area (Å²) >= 11 is 8.51. The normalized spacial score (nSPS) is 11.9. The van der Waals surface area contributed by atoms with Gasteiger partial charge in [-0.15, -0.1) is 11.8 Å². The predicted molar refractivity (Wildman–Crippen MR) is 89.3 cm³/mol. The molecule has 0 aliphatic heterocycles. The topological polar surface area (TPSA) is 35.5 Å². The molecule has 6 heteroatoms. The van der Waals surface area contributed by atoms with E-state index in [2.05, 4.69) is 44.5 Å². The summed E-state index contributed by atoms with van der Waals surface area (Å²) in [6.07, 6.45) is 0. The highest BCUT2D eigenvalue weighted by atomic mass is 79.9. The van der Waals surface area contributed by atoms with Crippen LogP contribution in [0.15, 0.2) is 45.8 Å². The Balaban J connectivity index is 2.16. The maximum Gasteiger partial charge on any atom is 0.333 e. The first kappa shape index (κ1) is 17.8. The van der Waals surface area contributed by atoms with Gasteiger partial charge in [0.1, 0.15) is 11.6 Å². The molecule has 0 amide bonds.